The summed E-state index contributed by atoms with van der Waals surface area (Å²) in [5, 5.41) is 3.44. The second-order valence-corrected chi connectivity index (χ2v) is 4.97. The van der Waals surface area contributed by atoms with Gasteiger partial charge in [0, 0.05) is 37.6 Å². The van der Waals surface area contributed by atoms with Crippen molar-refractivity contribution < 1.29 is 9.47 Å². The van der Waals surface area contributed by atoms with Gasteiger partial charge in [-0.05, 0) is 19.1 Å². The van der Waals surface area contributed by atoms with E-state index in [4.69, 9.17) is 9.47 Å². The molecule has 20 heavy (non-hydrogen) atoms. The van der Waals surface area contributed by atoms with Crippen LogP contribution in [0.4, 0.5) is 5.69 Å². The molecule has 1 aromatic carbocycles. The van der Waals surface area contributed by atoms with Crippen LogP contribution >= 0.6 is 0 Å². The lowest BCUT2D eigenvalue weighted by Crippen LogP contribution is -2.11. The van der Waals surface area contributed by atoms with Crippen molar-refractivity contribution in [1.29, 1.82) is 0 Å². The number of nitrogens with one attached hydrogen (secondary N) is 1. The van der Waals surface area contributed by atoms with Crippen molar-refractivity contribution in [3.05, 3.63) is 36.4 Å². The molecule has 5 nitrogen and oxygen atoms in total. The van der Waals surface area contributed by atoms with Crippen LogP contribution < -0.4 is 14.8 Å². The summed E-state index contributed by atoms with van der Waals surface area (Å²) in [6, 6.07) is 6.07. The molecule has 0 spiro atoms. The van der Waals surface area contributed by atoms with Crippen molar-refractivity contribution in [2.24, 2.45) is 7.05 Å². The van der Waals surface area contributed by atoms with Crippen LogP contribution in [0.1, 0.15) is 25.2 Å². The van der Waals surface area contributed by atoms with E-state index >= 15 is 0 Å². The van der Waals surface area contributed by atoms with E-state index in [1.165, 1.54) is 0 Å². The van der Waals surface area contributed by atoms with Crippen molar-refractivity contribution in [3.63, 3.8) is 0 Å². The SMILES string of the molecule is CC(Nc1ccc2c(c1)OCCCO2)c1nccn1C. The van der Waals surface area contributed by atoms with Gasteiger partial charge < -0.3 is 19.4 Å². The summed E-state index contributed by atoms with van der Waals surface area (Å²) in [5.41, 5.74) is 1.00. The predicted molar refractivity (Wildman–Crippen MR) is 77.3 cm³/mol. The molecule has 0 amide bonds. The Balaban J connectivity index is 1.78. The third-order valence-electron chi connectivity index (χ3n) is 3.38. The monoisotopic (exact) mass is 273 g/mol. The lowest BCUT2D eigenvalue weighted by molar-refractivity contribution is 0.297. The average Bonchev–Trinajstić information content (AvgIpc) is 2.73. The topological polar surface area (TPSA) is 48.3 Å². The molecule has 0 saturated heterocycles. The number of ether oxygens (including phenoxy) is 2. The van der Waals surface area contributed by atoms with Gasteiger partial charge in [0.2, 0.25) is 0 Å². The van der Waals surface area contributed by atoms with Gasteiger partial charge in [-0.1, -0.05) is 0 Å². The molecule has 1 aliphatic heterocycles. The summed E-state index contributed by atoms with van der Waals surface area (Å²) >= 11 is 0. The number of hydrogen-bond donors (Lipinski definition) is 1. The van der Waals surface area contributed by atoms with Gasteiger partial charge in [0.05, 0.1) is 19.3 Å². The minimum absolute atomic E-state index is 0.125. The molecule has 5 heteroatoms. The van der Waals surface area contributed by atoms with Crippen LogP contribution in [-0.4, -0.2) is 22.8 Å². The van der Waals surface area contributed by atoms with Crippen LogP contribution in [0.15, 0.2) is 30.6 Å². The van der Waals surface area contributed by atoms with Gasteiger partial charge in [0.25, 0.3) is 0 Å². The minimum Gasteiger partial charge on any atom is -0.490 e. The number of fused-ring (bicyclic) bond motifs is 1. The Morgan fingerprint density at radius 2 is 2.05 bits per heavy atom. The molecular weight excluding hydrogens is 254 g/mol. The third kappa shape index (κ3) is 2.57. The molecule has 0 bridgehead atoms. The molecular formula is C15H19N3O2. The normalized spacial score (nSPS) is 15.5. The maximum atomic E-state index is 5.70. The summed E-state index contributed by atoms with van der Waals surface area (Å²) in [4.78, 5) is 4.36. The molecule has 3 rings (SSSR count). The first-order valence-electron chi connectivity index (χ1n) is 6.87. The molecule has 0 aliphatic carbocycles. The van der Waals surface area contributed by atoms with Crippen LogP contribution in [0.25, 0.3) is 0 Å². The highest BCUT2D eigenvalue weighted by Crippen LogP contribution is 2.33. The molecule has 1 atom stereocenters. The van der Waals surface area contributed by atoms with E-state index in [0.29, 0.717) is 13.2 Å². The summed E-state index contributed by atoms with van der Waals surface area (Å²) in [7, 11) is 1.99. The number of benzene rings is 1. The van der Waals surface area contributed by atoms with Gasteiger partial charge in [0.15, 0.2) is 11.5 Å². The summed E-state index contributed by atoms with van der Waals surface area (Å²) in [6.45, 7) is 3.50. The molecule has 2 heterocycles. The smallest absolute Gasteiger partial charge is 0.163 e. The zero-order valence-electron chi connectivity index (χ0n) is 11.8. The molecule has 2 aromatic rings. The highest BCUT2D eigenvalue weighted by molar-refractivity contribution is 5.55. The standard InChI is InChI=1S/C15H19N3O2/c1-11(15-16-6-7-18(15)2)17-12-4-5-13-14(10-12)20-9-3-8-19-13/h4-7,10-11,17H,3,8-9H2,1-2H3. The second kappa shape index (κ2) is 5.45. The summed E-state index contributed by atoms with van der Waals surface area (Å²) < 4.78 is 13.3. The summed E-state index contributed by atoms with van der Waals surface area (Å²) in [5.74, 6) is 2.62. The van der Waals surface area contributed by atoms with E-state index in [1.54, 1.807) is 0 Å². The number of anilines is 1. The molecule has 0 radical (unpaired) electrons. The maximum Gasteiger partial charge on any atom is 0.163 e. The highest BCUT2D eigenvalue weighted by atomic mass is 16.5. The van der Waals surface area contributed by atoms with E-state index in [0.717, 1.165) is 29.4 Å². The van der Waals surface area contributed by atoms with Gasteiger partial charge in [-0.3, -0.25) is 0 Å². The Morgan fingerprint density at radius 3 is 2.80 bits per heavy atom. The number of imidazole rings is 1. The van der Waals surface area contributed by atoms with Crippen molar-refractivity contribution in [2.45, 2.75) is 19.4 Å². The fraction of sp³-hybridized carbons (Fsp3) is 0.400. The van der Waals surface area contributed by atoms with E-state index in [1.807, 2.05) is 42.2 Å². The highest BCUT2D eigenvalue weighted by Gasteiger charge is 2.13. The fourth-order valence-electron chi connectivity index (χ4n) is 2.36. The number of hydrogen-bond acceptors (Lipinski definition) is 4. The van der Waals surface area contributed by atoms with Crippen LogP contribution in [0.3, 0.4) is 0 Å². The molecule has 0 fully saturated rings. The number of aromatic nitrogens is 2. The molecule has 1 aromatic heterocycles. The largest absolute Gasteiger partial charge is 0.490 e. The zero-order valence-corrected chi connectivity index (χ0v) is 11.8. The molecule has 1 unspecified atom stereocenters. The van der Waals surface area contributed by atoms with E-state index < -0.39 is 0 Å². The second-order valence-electron chi connectivity index (χ2n) is 4.97. The van der Waals surface area contributed by atoms with Gasteiger partial charge in [0.1, 0.15) is 5.82 Å². The number of rotatable bonds is 3. The van der Waals surface area contributed by atoms with Crippen LogP contribution in [-0.2, 0) is 7.05 Å². The Labute approximate surface area is 118 Å². The Hall–Kier alpha value is -2.17. The number of aryl methyl sites for hydroxylation is 1. The van der Waals surface area contributed by atoms with Crippen molar-refractivity contribution in [3.8, 4) is 11.5 Å². The summed E-state index contributed by atoms with van der Waals surface area (Å²) in [6.07, 6.45) is 4.67. The van der Waals surface area contributed by atoms with E-state index in [2.05, 4.69) is 17.2 Å². The average molecular weight is 273 g/mol. The zero-order chi connectivity index (χ0) is 13.9. The van der Waals surface area contributed by atoms with Crippen LogP contribution in [0.5, 0.6) is 11.5 Å². The lowest BCUT2D eigenvalue weighted by atomic mass is 10.2. The Bertz CT molecular complexity index is 595. The number of nitrogens with zero attached hydrogens (tertiary/aromatic N) is 2. The van der Waals surface area contributed by atoms with Crippen LogP contribution in [0.2, 0.25) is 0 Å². The quantitative estimate of drug-likeness (QED) is 0.934. The van der Waals surface area contributed by atoms with E-state index in [9.17, 15) is 0 Å². The molecule has 1 N–H and O–H groups in total. The first-order chi connectivity index (χ1) is 9.74. The first-order valence-corrected chi connectivity index (χ1v) is 6.87. The lowest BCUT2D eigenvalue weighted by Gasteiger charge is -2.16. The van der Waals surface area contributed by atoms with Crippen molar-refractivity contribution >= 4 is 5.69 Å². The van der Waals surface area contributed by atoms with Gasteiger partial charge in [-0.2, -0.15) is 0 Å². The molecule has 0 saturated carbocycles. The molecule has 1 aliphatic rings. The van der Waals surface area contributed by atoms with Gasteiger partial charge in [-0.25, -0.2) is 4.98 Å². The van der Waals surface area contributed by atoms with Gasteiger partial charge in [-0.15, -0.1) is 0 Å². The Kier molecular flexibility index (Phi) is 3.50. The predicted octanol–water partition coefficient (Wildman–Crippen LogP) is 2.75. The van der Waals surface area contributed by atoms with Crippen molar-refractivity contribution in [1.82, 2.24) is 9.55 Å². The fourth-order valence-corrected chi connectivity index (χ4v) is 2.36. The Morgan fingerprint density at radius 1 is 1.25 bits per heavy atom. The first kappa shape index (κ1) is 12.8. The molecule has 106 valence electrons. The van der Waals surface area contributed by atoms with Crippen molar-refractivity contribution in [2.75, 3.05) is 18.5 Å². The van der Waals surface area contributed by atoms with Gasteiger partial charge >= 0.3 is 0 Å². The minimum atomic E-state index is 0.125. The maximum absolute atomic E-state index is 5.70. The van der Waals surface area contributed by atoms with E-state index in [-0.39, 0.29) is 6.04 Å². The van der Waals surface area contributed by atoms with Crippen LogP contribution in [0, 0.1) is 0 Å². The third-order valence-corrected chi connectivity index (χ3v) is 3.38.